The standard InChI is InChI=1S/C12H12N2O2/c1-7-2-3-12(16-7)8-4-10(14)9(6-13)11(15)5-8/h2-3,8H,4-5,14H2,1H3/t8-/m0/s1. The van der Waals surface area contributed by atoms with Gasteiger partial charge in [-0.15, -0.1) is 0 Å². The van der Waals surface area contributed by atoms with E-state index in [0.717, 1.165) is 11.5 Å². The number of carbonyl (C=O) groups excluding carboxylic acids is 1. The van der Waals surface area contributed by atoms with Gasteiger partial charge in [0.2, 0.25) is 0 Å². The molecule has 2 N–H and O–H groups in total. The van der Waals surface area contributed by atoms with Crippen molar-refractivity contribution >= 4 is 5.78 Å². The number of hydrogen-bond acceptors (Lipinski definition) is 4. The Morgan fingerprint density at radius 3 is 2.75 bits per heavy atom. The molecule has 0 amide bonds. The summed E-state index contributed by atoms with van der Waals surface area (Å²) in [5.74, 6) is 1.37. The lowest BCUT2D eigenvalue weighted by Gasteiger charge is -2.19. The first kappa shape index (κ1) is 10.5. The Labute approximate surface area is 93.3 Å². The minimum atomic E-state index is -0.190. The molecule has 1 aliphatic rings. The van der Waals surface area contributed by atoms with E-state index in [1.54, 1.807) is 0 Å². The van der Waals surface area contributed by atoms with Crippen LogP contribution in [0.4, 0.5) is 0 Å². The van der Waals surface area contributed by atoms with Crippen LogP contribution in [0.1, 0.15) is 30.3 Å². The Morgan fingerprint density at radius 1 is 1.50 bits per heavy atom. The topological polar surface area (TPSA) is 80.0 Å². The second kappa shape index (κ2) is 3.86. The molecule has 0 fully saturated rings. The van der Waals surface area contributed by atoms with Crippen LogP contribution in [0.2, 0.25) is 0 Å². The van der Waals surface area contributed by atoms with Crippen LogP contribution in [-0.2, 0) is 4.79 Å². The predicted molar refractivity (Wildman–Crippen MR) is 57.3 cm³/mol. The van der Waals surface area contributed by atoms with Crippen LogP contribution in [0.15, 0.2) is 27.8 Å². The minimum Gasteiger partial charge on any atom is -0.466 e. The average molecular weight is 216 g/mol. The summed E-state index contributed by atoms with van der Waals surface area (Å²) in [6, 6.07) is 5.57. The SMILES string of the molecule is Cc1ccc([C@@H]2CC(=O)C(C#N)=C(N)C2)o1. The van der Waals surface area contributed by atoms with Crippen molar-refractivity contribution in [2.75, 3.05) is 0 Å². The molecule has 0 spiro atoms. The van der Waals surface area contributed by atoms with Crippen molar-refractivity contribution < 1.29 is 9.21 Å². The van der Waals surface area contributed by atoms with Crippen molar-refractivity contribution in [3.63, 3.8) is 0 Å². The number of ketones is 1. The summed E-state index contributed by atoms with van der Waals surface area (Å²) in [6.45, 7) is 1.86. The Morgan fingerprint density at radius 2 is 2.25 bits per heavy atom. The summed E-state index contributed by atoms with van der Waals surface area (Å²) in [4.78, 5) is 11.6. The van der Waals surface area contributed by atoms with Gasteiger partial charge >= 0.3 is 0 Å². The highest BCUT2D eigenvalue weighted by atomic mass is 16.3. The molecule has 1 aromatic rings. The van der Waals surface area contributed by atoms with Crippen molar-refractivity contribution in [3.8, 4) is 6.07 Å². The van der Waals surface area contributed by atoms with Gasteiger partial charge in [0, 0.05) is 18.0 Å². The van der Waals surface area contributed by atoms with Gasteiger partial charge in [0.15, 0.2) is 5.78 Å². The molecule has 1 atom stereocenters. The van der Waals surface area contributed by atoms with Crippen LogP contribution in [0.3, 0.4) is 0 Å². The fraction of sp³-hybridized carbons (Fsp3) is 0.333. The number of aryl methyl sites for hydroxylation is 1. The van der Waals surface area contributed by atoms with Crippen LogP contribution in [-0.4, -0.2) is 5.78 Å². The van der Waals surface area contributed by atoms with Gasteiger partial charge in [0.1, 0.15) is 23.2 Å². The van der Waals surface area contributed by atoms with Gasteiger partial charge in [-0.05, 0) is 25.5 Å². The number of Topliss-reactive ketones (excluding diaryl/α,β-unsaturated/α-hetero) is 1. The fourth-order valence-electron chi connectivity index (χ4n) is 1.95. The molecule has 16 heavy (non-hydrogen) atoms. The van der Waals surface area contributed by atoms with Gasteiger partial charge < -0.3 is 10.2 Å². The average Bonchev–Trinajstić information content (AvgIpc) is 2.64. The Balaban J connectivity index is 2.28. The third-order valence-electron chi connectivity index (χ3n) is 2.77. The molecular weight excluding hydrogens is 204 g/mol. The highest BCUT2D eigenvalue weighted by Gasteiger charge is 2.29. The maximum atomic E-state index is 11.6. The van der Waals surface area contributed by atoms with Gasteiger partial charge in [-0.1, -0.05) is 0 Å². The number of rotatable bonds is 1. The maximum absolute atomic E-state index is 11.6. The summed E-state index contributed by atoms with van der Waals surface area (Å²) in [5, 5.41) is 8.76. The third kappa shape index (κ3) is 1.72. The molecule has 1 aliphatic carbocycles. The first-order chi connectivity index (χ1) is 7.61. The van der Waals surface area contributed by atoms with E-state index in [-0.39, 0.29) is 17.3 Å². The van der Waals surface area contributed by atoms with Crippen LogP contribution in [0.25, 0.3) is 0 Å². The highest BCUT2D eigenvalue weighted by molar-refractivity contribution is 6.01. The summed E-state index contributed by atoms with van der Waals surface area (Å²) < 4.78 is 5.48. The van der Waals surface area contributed by atoms with Crippen molar-refractivity contribution in [2.45, 2.75) is 25.7 Å². The molecule has 4 nitrogen and oxygen atoms in total. The van der Waals surface area contributed by atoms with Crippen LogP contribution in [0.5, 0.6) is 0 Å². The zero-order valence-electron chi connectivity index (χ0n) is 8.99. The first-order valence-corrected chi connectivity index (χ1v) is 5.10. The molecule has 4 heteroatoms. The van der Waals surface area contributed by atoms with Gasteiger partial charge in [0.25, 0.3) is 0 Å². The molecule has 0 saturated carbocycles. The third-order valence-corrected chi connectivity index (χ3v) is 2.77. The highest BCUT2D eigenvalue weighted by Crippen LogP contribution is 2.33. The van der Waals surface area contributed by atoms with E-state index in [1.165, 1.54) is 0 Å². The lowest BCUT2D eigenvalue weighted by Crippen LogP contribution is -2.21. The van der Waals surface area contributed by atoms with Gasteiger partial charge in [-0.25, -0.2) is 0 Å². The Hall–Kier alpha value is -2.02. The molecule has 0 saturated heterocycles. The quantitative estimate of drug-likeness (QED) is 0.775. The lowest BCUT2D eigenvalue weighted by atomic mass is 9.85. The van der Waals surface area contributed by atoms with E-state index in [2.05, 4.69) is 0 Å². The maximum Gasteiger partial charge on any atom is 0.175 e. The van der Waals surface area contributed by atoms with E-state index in [1.807, 2.05) is 25.1 Å². The van der Waals surface area contributed by atoms with Crippen LogP contribution >= 0.6 is 0 Å². The smallest absolute Gasteiger partial charge is 0.175 e. The number of carbonyl (C=O) groups is 1. The van der Waals surface area contributed by atoms with Crippen molar-refractivity contribution in [3.05, 3.63) is 34.9 Å². The predicted octanol–water partition coefficient (Wildman–Crippen LogP) is 1.77. The van der Waals surface area contributed by atoms with Crippen molar-refractivity contribution in [2.24, 2.45) is 5.73 Å². The molecule has 2 rings (SSSR count). The van der Waals surface area contributed by atoms with Crippen LogP contribution < -0.4 is 5.73 Å². The normalized spacial score (nSPS) is 21.0. The van der Waals surface area contributed by atoms with Gasteiger partial charge in [-0.3, -0.25) is 4.79 Å². The Bertz CT molecular complexity index is 505. The number of furan rings is 1. The van der Waals surface area contributed by atoms with Crippen molar-refractivity contribution in [1.29, 1.82) is 5.26 Å². The number of nitrogens with two attached hydrogens (primary N) is 1. The number of nitrogens with zero attached hydrogens (tertiary/aromatic N) is 1. The van der Waals surface area contributed by atoms with E-state index in [0.29, 0.717) is 18.5 Å². The summed E-state index contributed by atoms with van der Waals surface area (Å²) in [5.41, 5.74) is 6.19. The van der Waals surface area contributed by atoms with Crippen LogP contribution in [0, 0.1) is 18.3 Å². The second-order valence-electron chi connectivity index (χ2n) is 3.99. The first-order valence-electron chi connectivity index (χ1n) is 5.10. The lowest BCUT2D eigenvalue weighted by molar-refractivity contribution is -0.116. The van der Waals surface area contributed by atoms with Crippen molar-refractivity contribution in [1.82, 2.24) is 0 Å². The zero-order chi connectivity index (χ0) is 11.7. The van der Waals surface area contributed by atoms with E-state index in [9.17, 15) is 4.79 Å². The fourth-order valence-corrected chi connectivity index (χ4v) is 1.95. The summed E-state index contributed by atoms with van der Waals surface area (Å²) in [6.07, 6.45) is 0.818. The molecular formula is C12H12N2O2. The molecule has 0 aromatic carbocycles. The largest absolute Gasteiger partial charge is 0.466 e. The Kier molecular flexibility index (Phi) is 2.53. The number of allylic oxidation sites excluding steroid dienone is 2. The number of hydrogen-bond donors (Lipinski definition) is 1. The molecule has 0 aliphatic heterocycles. The van der Waals surface area contributed by atoms with Gasteiger partial charge in [-0.2, -0.15) is 5.26 Å². The van der Waals surface area contributed by atoms with E-state index < -0.39 is 0 Å². The van der Waals surface area contributed by atoms with E-state index in [4.69, 9.17) is 15.4 Å². The molecule has 82 valence electrons. The molecule has 0 unspecified atom stereocenters. The molecule has 0 radical (unpaired) electrons. The minimum absolute atomic E-state index is 0.0294. The molecule has 0 bridgehead atoms. The number of nitriles is 1. The zero-order valence-corrected chi connectivity index (χ0v) is 8.99. The molecule has 1 heterocycles. The second-order valence-corrected chi connectivity index (χ2v) is 3.99. The van der Waals surface area contributed by atoms with E-state index >= 15 is 0 Å². The monoisotopic (exact) mass is 216 g/mol. The summed E-state index contributed by atoms with van der Waals surface area (Å²) >= 11 is 0. The summed E-state index contributed by atoms with van der Waals surface area (Å²) in [7, 11) is 0. The molecule has 1 aromatic heterocycles. The van der Waals surface area contributed by atoms with Gasteiger partial charge in [0.05, 0.1) is 0 Å².